The summed E-state index contributed by atoms with van der Waals surface area (Å²) in [5.74, 6) is 1.39. The molecule has 0 saturated carbocycles. The zero-order valence-electron chi connectivity index (χ0n) is 11.1. The Morgan fingerprint density at radius 3 is 2.78 bits per heavy atom. The fourth-order valence-electron chi connectivity index (χ4n) is 2.25. The molecule has 0 aromatic heterocycles. The van der Waals surface area contributed by atoms with E-state index in [1.165, 1.54) is 0 Å². The van der Waals surface area contributed by atoms with Crippen LogP contribution in [0.5, 0.6) is 5.75 Å². The molecule has 3 N–H and O–H groups in total. The third kappa shape index (κ3) is 2.34. The number of carbonyl (C=O) groups excluding carboxylic acids is 1. The van der Waals surface area contributed by atoms with E-state index >= 15 is 0 Å². The lowest BCUT2D eigenvalue weighted by molar-refractivity contribution is -0.122. The highest BCUT2D eigenvalue weighted by Gasteiger charge is 2.24. The second-order valence-electron chi connectivity index (χ2n) is 5.09. The summed E-state index contributed by atoms with van der Waals surface area (Å²) in [4.78, 5) is 11.6. The first-order chi connectivity index (χ1) is 8.52. The third-order valence-electron chi connectivity index (χ3n) is 3.42. The summed E-state index contributed by atoms with van der Waals surface area (Å²) in [6, 6.07) is 5.91. The minimum atomic E-state index is -0.432. The quantitative estimate of drug-likeness (QED) is 0.861. The average molecular weight is 248 g/mol. The van der Waals surface area contributed by atoms with E-state index in [1.807, 2.05) is 18.2 Å². The summed E-state index contributed by atoms with van der Waals surface area (Å²) in [6.45, 7) is 6.63. The van der Waals surface area contributed by atoms with Crippen LogP contribution in [0.25, 0.3) is 0 Å². The van der Waals surface area contributed by atoms with Gasteiger partial charge in [0.2, 0.25) is 0 Å². The van der Waals surface area contributed by atoms with Crippen LogP contribution in [0.15, 0.2) is 18.2 Å². The van der Waals surface area contributed by atoms with Gasteiger partial charge >= 0.3 is 0 Å². The molecule has 0 radical (unpaired) electrons. The van der Waals surface area contributed by atoms with Crippen molar-refractivity contribution in [1.82, 2.24) is 0 Å². The first-order valence-electron chi connectivity index (χ1n) is 6.34. The summed E-state index contributed by atoms with van der Waals surface area (Å²) in [5.41, 5.74) is 7.70. The van der Waals surface area contributed by atoms with Crippen LogP contribution in [-0.4, -0.2) is 18.6 Å². The SMILES string of the molecule is CC1Oc2ccc(C(CN)C(C)C)cc2NC1=O. The molecule has 0 fully saturated rings. The summed E-state index contributed by atoms with van der Waals surface area (Å²) in [5, 5.41) is 2.86. The van der Waals surface area contributed by atoms with Crippen molar-refractivity contribution in [3.63, 3.8) is 0 Å². The maximum atomic E-state index is 11.6. The highest BCUT2D eigenvalue weighted by molar-refractivity contribution is 5.97. The van der Waals surface area contributed by atoms with Crippen molar-refractivity contribution in [3.05, 3.63) is 23.8 Å². The number of nitrogens with two attached hydrogens (primary N) is 1. The number of hydrogen-bond acceptors (Lipinski definition) is 3. The van der Waals surface area contributed by atoms with E-state index in [1.54, 1.807) is 6.92 Å². The molecule has 0 bridgehead atoms. The third-order valence-corrected chi connectivity index (χ3v) is 3.42. The highest BCUT2D eigenvalue weighted by atomic mass is 16.5. The number of anilines is 1. The molecule has 1 heterocycles. The van der Waals surface area contributed by atoms with Crippen molar-refractivity contribution >= 4 is 11.6 Å². The number of hydrogen-bond donors (Lipinski definition) is 2. The Balaban J connectivity index is 2.32. The van der Waals surface area contributed by atoms with Crippen molar-refractivity contribution in [2.75, 3.05) is 11.9 Å². The van der Waals surface area contributed by atoms with E-state index in [4.69, 9.17) is 10.5 Å². The average Bonchev–Trinajstić information content (AvgIpc) is 2.31. The molecule has 1 aliphatic rings. The van der Waals surface area contributed by atoms with E-state index in [0.717, 1.165) is 17.0 Å². The van der Waals surface area contributed by atoms with E-state index < -0.39 is 6.10 Å². The van der Waals surface area contributed by atoms with Gasteiger partial charge in [-0.3, -0.25) is 4.79 Å². The van der Waals surface area contributed by atoms with Crippen molar-refractivity contribution in [1.29, 1.82) is 0 Å². The molecule has 1 aromatic rings. The minimum absolute atomic E-state index is 0.103. The van der Waals surface area contributed by atoms with E-state index in [9.17, 15) is 4.79 Å². The van der Waals surface area contributed by atoms with Gasteiger partial charge in [0.05, 0.1) is 5.69 Å². The molecule has 1 aliphatic heterocycles. The molecule has 2 atom stereocenters. The summed E-state index contributed by atoms with van der Waals surface area (Å²) in [7, 11) is 0. The maximum Gasteiger partial charge on any atom is 0.265 e. The molecular weight excluding hydrogens is 228 g/mol. The predicted molar refractivity (Wildman–Crippen MR) is 71.8 cm³/mol. The lowest BCUT2D eigenvalue weighted by Gasteiger charge is -2.26. The van der Waals surface area contributed by atoms with Gasteiger partial charge in [-0.1, -0.05) is 19.9 Å². The zero-order valence-corrected chi connectivity index (χ0v) is 11.1. The first kappa shape index (κ1) is 12.9. The van der Waals surface area contributed by atoms with Crippen molar-refractivity contribution < 1.29 is 9.53 Å². The molecule has 0 aliphatic carbocycles. The van der Waals surface area contributed by atoms with Crippen LogP contribution in [0.1, 0.15) is 32.3 Å². The zero-order chi connectivity index (χ0) is 13.3. The largest absolute Gasteiger partial charge is 0.479 e. The maximum absolute atomic E-state index is 11.6. The van der Waals surface area contributed by atoms with Gasteiger partial charge in [-0.15, -0.1) is 0 Å². The van der Waals surface area contributed by atoms with Gasteiger partial charge < -0.3 is 15.8 Å². The number of rotatable bonds is 3. The lowest BCUT2D eigenvalue weighted by atomic mass is 9.88. The number of ether oxygens (including phenoxy) is 1. The lowest BCUT2D eigenvalue weighted by Crippen LogP contribution is -2.34. The van der Waals surface area contributed by atoms with Gasteiger partial charge in [0.15, 0.2) is 6.10 Å². The Morgan fingerprint density at radius 2 is 2.17 bits per heavy atom. The molecule has 98 valence electrons. The van der Waals surface area contributed by atoms with Crippen LogP contribution in [0.2, 0.25) is 0 Å². The van der Waals surface area contributed by atoms with Gasteiger partial charge in [-0.05, 0) is 43.0 Å². The second-order valence-corrected chi connectivity index (χ2v) is 5.09. The molecule has 2 rings (SSSR count). The standard InChI is InChI=1S/C14H20N2O2/c1-8(2)11(7-15)10-4-5-13-12(6-10)16-14(17)9(3)18-13/h4-6,8-9,11H,7,15H2,1-3H3,(H,16,17). The van der Waals surface area contributed by atoms with Crippen LogP contribution in [0.3, 0.4) is 0 Å². The van der Waals surface area contributed by atoms with Crippen LogP contribution >= 0.6 is 0 Å². The van der Waals surface area contributed by atoms with E-state index in [-0.39, 0.29) is 5.91 Å². The number of nitrogens with one attached hydrogen (secondary N) is 1. The second kappa shape index (κ2) is 4.98. The smallest absolute Gasteiger partial charge is 0.265 e. The molecule has 4 heteroatoms. The number of benzene rings is 1. The van der Waals surface area contributed by atoms with Crippen molar-refractivity contribution in [2.24, 2.45) is 11.7 Å². The summed E-state index contributed by atoms with van der Waals surface area (Å²) < 4.78 is 5.53. The Bertz CT molecular complexity index is 457. The Labute approximate surface area is 108 Å². The van der Waals surface area contributed by atoms with E-state index in [2.05, 4.69) is 19.2 Å². The van der Waals surface area contributed by atoms with Gasteiger partial charge in [0.25, 0.3) is 5.91 Å². The number of fused-ring (bicyclic) bond motifs is 1. The molecule has 1 amide bonds. The number of carbonyl (C=O) groups is 1. The monoisotopic (exact) mass is 248 g/mol. The van der Waals surface area contributed by atoms with Crippen LogP contribution in [-0.2, 0) is 4.79 Å². The molecule has 18 heavy (non-hydrogen) atoms. The van der Waals surface area contributed by atoms with Crippen LogP contribution in [0, 0.1) is 5.92 Å². The minimum Gasteiger partial charge on any atom is -0.479 e. The molecule has 1 aromatic carbocycles. The van der Waals surface area contributed by atoms with Gasteiger partial charge in [0, 0.05) is 0 Å². The van der Waals surface area contributed by atoms with Gasteiger partial charge in [-0.2, -0.15) is 0 Å². The summed E-state index contributed by atoms with van der Waals surface area (Å²) >= 11 is 0. The molecular formula is C14H20N2O2. The van der Waals surface area contributed by atoms with Gasteiger partial charge in [-0.25, -0.2) is 0 Å². The fourth-order valence-corrected chi connectivity index (χ4v) is 2.25. The Morgan fingerprint density at radius 1 is 1.44 bits per heavy atom. The highest BCUT2D eigenvalue weighted by Crippen LogP contribution is 2.34. The number of amides is 1. The Kier molecular flexibility index (Phi) is 3.57. The van der Waals surface area contributed by atoms with Crippen LogP contribution in [0.4, 0.5) is 5.69 Å². The molecule has 0 spiro atoms. The van der Waals surface area contributed by atoms with Crippen molar-refractivity contribution in [2.45, 2.75) is 32.8 Å². The van der Waals surface area contributed by atoms with Gasteiger partial charge in [0.1, 0.15) is 5.75 Å². The molecule has 2 unspecified atom stereocenters. The predicted octanol–water partition coefficient (Wildman–Crippen LogP) is 2.10. The summed E-state index contributed by atoms with van der Waals surface area (Å²) in [6.07, 6.45) is -0.432. The normalized spacial score (nSPS) is 20.1. The van der Waals surface area contributed by atoms with Crippen molar-refractivity contribution in [3.8, 4) is 5.75 Å². The van der Waals surface area contributed by atoms with E-state index in [0.29, 0.717) is 18.4 Å². The Hall–Kier alpha value is -1.55. The van der Waals surface area contributed by atoms with Crippen LogP contribution < -0.4 is 15.8 Å². The first-order valence-corrected chi connectivity index (χ1v) is 6.34. The topological polar surface area (TPSA) is 64.3 Å². The molecule has 0 saturated heterocycles. The fraction of sp³-hybridized carbons (Fsp3) is 0.500. The molecule has 4 nitrogen and oxygen atoms in total.